The molecule has 3 amide bonds. The van der Waals surface area contributed by atoms with E-state index in [4.69, 9.17) is 49.0 Å². The van der Waals surface area contributed by atoms with Crippen molar-refractivity contribution in [2.24, 2.45) is 17.8 Å². The first-order chi connectivity index (χ1) is 18.7. The highest BCUT2D eigenvalue weighted by Gasteiger charge is 2.35. The fraction of sp³-hybridized carbons (Fsp3) is 0.885. The second kappa shape index (κ2) is 23.8. The molecule has 0 heterocycles. The van der Waals surface area contributed by atoms with Crippen LogP contribution in [-0.2, 0) is 28.6 Å². The molecule has 10 nitrogen and oxygen atoms in total. The highest BCUT2D eigenvalue weighted by atomic mass is 35.5. The molecule has 0 aliphatic carbocycles. The minimum atomic E-state index is -0.941. The van der Waals surface area contributed by atoms with Crippen LogP contribution in [0.1, 0.15) is 40.0 Å². The summed E-state index contributed by atoms with van der Waals surface area (Å²) in [6.45, 7) is 8.70. The smallest absolute Gasteiger partial charge is 0.224 e. The Bertz CT molecular complexity index is 644. The molecule has 0 aromatic heterocycles. The molecule has 0 saturated heterocycles. The lowest BCUT2D eigenvalue weighted by atomic mass is 10.0. The van der Waals surface area contributed by atoms with E-state index in [-0.39, 0.29) is 67.0 Å². The molecule has 0 fully saturated rings. The van der Waals surface area contributed by atoms with Crippen molar-refractivity contribution < 1.29 is 28.6 Å². The van der Waals surface area contributed by atoms with Crippen molar-refractivity contribution in [1.29, 1.82) is 0 Å². The maximum Gasteiger partial charge on any atom is 0.224 e. The summed E-state index contributed by atoms with van der Waals surface area (Å²) in [5.41, 5.74) is -0.941. The first-order valence-corrected chi connectivity index (χ1v) is 15.2. The minimum Gasteiger partial charge on any atom is -0.379 e. The number of hydrogen-bond acceptors (Lipinski definition) is 7. The van der Waals surface area contributed by atoms with E-state index >= 15 is 0 Å². The first kappa shape index (κ1) is 38.1. The Morgan fingerprint density at radius 3 is 1.36 bits per heavy atom. The number of halogens is 3. The molecular weight excluding hydrogens is 571 g/mol. The summed E-state index contributed by atoms with van der Waals surface area (Å²) in [6, 6.07) is 0. The molecule has 0 aliphatic rings. The van der Waals surface area contributed by atoms with Gasteiger partial charge in [0, 0.05) is 68.3 Å². The van der Waals surface area contributed by atoms with Gasteiger partial charge in [-0.05, 0) is 32.9 Å². The van der Waals surface area contributed by atoms with Gasteiger partial charge in [-0.25, -0.2) is 0 Å². The summed E-state index contributed by atoms with van der Waals surface area (Å²) < 4.78 is 17.8. The van der Waals surface area contributed by atoms with Crippen LogP contribution in [0.25, 0.3) is 0 Å². The van der Waals surface area contributed by atoms with Crippen LogP contribution in [0.15, 0.2) is 0 Å². The molecule has 39 heavy (non-hydrogen) atoms. The molecule has 3 unspecified atom stereocenters. The van der Waals surface area contributed by atoms with Crippen molar-refractivity contribution in [3.8, 4) is 0 Å². The van der Waals surface area contributed by atoms with E-state index in [1.807, 2.05) is 7.05 Å². The standard InChI is InChI=1S/C26H49Cl3N4O6/c1-20(14-27)23(34)31-9-6-12-38-18-26(17-37-11-5-8-30-4,33-25(36)22(3)16-29)19-39-13-7-10-32-24(35)21(2)15-28/h20-22,30H,5-19H2,1-4H3,(H,31,34)(H,32,35)(H,33,36). The monoisotopic (exact) mass is 618 g/mol. The summed E-state index contributed by atoms with van der Waals surface area (Å²) in [5, 5.41) is 11.8. The lowest BCUT2D eigenvalue weighted by molar-refractivity contribution is -0.130. The zero-order valence-electron chi connectivity index (χ0n) is 23.9. The van der Waals surface area contributed by atoms with Crippen molar-refractivity contribution >= 4 is 52.5 Å². The fourth-order valence-corrected chi connectivity index (χ4v) is 3.52. The van der Waals surface area contributed by atoms with Crippen molar-refractivity contribution in [3.05, 3.63) is 0 Å². The van der Waals surface area contributed by atoms with Gasteiger partial charge in [-0.3, -0.25) is 14.4 Å². The quantitative estimate of drug-likeness (QED) is 0.0911. The van der Waals surface area contributed by atoms with E-state index in [1.54, 1.807) is 20.8 Å². The largest absolute Gasteiger partial charge is 0.379 e. The van der Waals surface area contributed by atoms with Crippen LogP contribution in [-0.4, -0.2) is 107 Å². The third kappa shape index (κ3) is 18.2. The predicted molar refractivity (Wildman–Crippen MR) is 157 cm³/mol. The molecule has 0 aromatic rings. The van der Waals surface area contributed by atoms with Crippen LogP contribution >= 0.6 is 34.8 Å². The second-order valence-electron chi connectivity index (χ2n) is 9.84. The number of carbonyl (C=O) groups is 3. The maximum absolute atomic E-state index is 12.8. The number of amides is 3. The Labute approximate surface area is 249 Å². The molecule has 230 valence electrons. The molecule has 13 heteroatoms. The zero-order chi connectivity index (χ0) is 29.5. The molecule has 0 spiro atoms. The lowest BCUT2D eigenvalue weighted by Gasteiger charge is -2.35. The SMILES string of the molecule is CNCCCOCC(COCCCNC(=O)C(C)CCl)(COCCCNC(=O)C(C)CCl)NC(=O)C(C)CCl. The average Bonchev–Trinajstić information content (AvgIpc) is 2.94. The molecule has 0 rings (SSSR count). The van der Waals surface area contributed by atoms with Gasteiger partial charge >= 0.3 is 0 Å². The number of alkyl halides is 3. The Kier molecular flexibility index (Phi) is 23.3. The van der Waals surface area contributed by atoms with Crippen LogP contribution in [0.4, 0.5) is 0 Å². The van der Waals surface area contributed by atoms with Crippen LogP contribution in [0.2, 0.25) is 0 Å². The summed E-state index contributed by atoms with van der Waals surface area (Å²) in [5.74, 6) is -0.641. The summed E-state index contributed by atoms with van der Waals surface area (Å²) in [7, 11) is 1.87. The topological polar surface area (TPSA) is 127 Å². The Balaban J connectivity index is 5.10. The normalized spacial score (nSPS) is 15.2. The Hall–Kier alpha value is -0.880. The number of nitrogens with one attached hydrogen (secondary N) is 4. The highest BCUT2D eigenvalue weighted by molar-refractivity contribution is 6.19. The highest BCUT2D eigenvalue weighted by Crippen LogP contribution is 2.12. The van der Waals surface area contributed by atoms with Crippen LogP contribution in [0.5, 0.6) is 0 Å². The average molecular weight is 620 g/mol. The van der Waals surface area contributed by atoms with Gasteiger partial charge in [0.05, 0.1) is 19.8 Å². The fourth-order valence-electron chi connectivity index (χ4n) is 3.10. The van der Waals surface area contributed by atoms with Crippen molar-refractivity contribution in [1.82, 2.24) is 21.3 Å². The minimum absolute atomic E-state index is 0.0988. The number of carbonyl (C=O) groups excluding carboxylic acids is 3. The Morgan fingerprint density at radius 2 is 1.00 bits per heavy atom. The third-order valence-corrected chi connectivity index (χ3v) is 7.19. The van der Waals surface area contributed by atoms with Gasteiger partial charge in [0.25, 0.3) is 0 Å². The summed E-state index contributed by atoms with van der Waals surface area (Å²) in [6.07, 6.45) is 1.99. The summed E-state index contributed by atoms with van der Waals surface area (Å²) in [4.78, 5) is 36.6. The maximum atomic E-state index is 12.8. The van der Waals surface area contributed by atoms with Crippen LogP contribution < -0.4 is 21.3 Å². The molecule has 0 radical (unpaired) electrons. The molecule has 0 aliphatic heterocycles. The molecule has 0 aromatic carbocycles. The lowest BCUT2D eigenvalue weighted by Crippen LogP contribution is -2.59. The van der Waals surface area contributed by atoms with Gasteiger partial charge < -0.3 is 35.5 Å². The Morgan fingerprint density at radius 1 is 0.641 bits per heavy atom. The van der Waals surface area contributed by atoms with E-state index in [2.05, 4.69) is 21.3 Å². The number of rotatable bonds is 25. The van der Waals surface area contributed by atoms with Crippen LogP contribution in [0, 0.1) is 17.8 Å². The third-order valence-electron chi connectivity index (χ3n) is 5.81. The first-order valence-electron chi connectivity index (χ1n) is 13.6. The molecule has 4 N–H and O–H groups in total. The van der Waals surface area contributed by atoms with E-state index in [0.717, 1.165) is 13.0 Å². The van der Waals surface area contributed by atoms with Crippen molar-refractivity contribution in [2.75, 3.05) is 84.0 Å². The van der Waals surface area contributed by atoms with E-state index in [1.165, 1.54) is 0 Å². The molecular formula is C26H49Cl3N4O6. The number of hydrogen-bond donors (Lipinski definition) is 4. The van der Waals surface area contributed by atoms with E-state index < -0.39 is 11.5 Å². The van der Waals surface area contributed by atoms with E-state index in [0.29, 0.717) is 45.8 Å². The molecule has 0 bridgehead atoms. The van der Waals surface area contributed by atoms with Crippen molar-refractivity contribution in [3.63, 3.8) is 0 Å². The second-order valence-corrected chi connectivity index (χ2v) is 10.8. The van der Waals surface area contributed by atoms with Gasteiger partial charge in [0.1, 0.15) is 5.54 Å². The number of ether oxygens (including phenoxy) is 3. The molecule has 3 atom stereocenters. The van der Waals surface area contributed by atoms with Gasteiger partial charge in [-0.1, -0.05) is 20.8 Å². The van der Waals surface area contributed by atoms with E-state index in [9.17, 15) is 14.4 Å². The van der Waals surface area contributed by atoms with Gasteiger partial charge in [0.2, 0.25) is 17.7 Å². The van der Waals surface area contributed by atoms with Crippen LogP contribution in [0.3, 0.4) is 0 Å². The van der Waals surface area contributed by atoms with Gasteiger partial charge in [-0.15, -0.1) is 34.8 Å². The predicted octanol–water partition coefficient (Wildman–Crippen LogP) is 2.14. The molecule has 0 saturated carbocycles. The van der Waals surface area contributed by atoms with Gasteiger partial charge in [-0.2, -0.15) is 0 Å². The van der Waals surface area contributed by atoms with Crippen molar-refractivity contribution in [2.45, 2.75) is 45.6 Å². The van der Waals surface area contributed by atoms with Gasteiger partial charge in [0.15, 0.2) is 0 Å². The zero-order valence-corrected chi connectivity index (χ0v) is 26.2. The summed E-state index contributed by atoms with van der Waals surface area (Å²) >= 11 is 17.4.